The second-order valence-corrected chi connectivity index (χ2v) is 16.0. The monoisotopic (exact) mass is 686 g/mol. The minimum absolute atomic E-state index is 0.00595. The molecule has 234 valence electrons. The van der Waals surface area contributed by atoms with Crippen molar-refractivity contribution in [2.24, 2.45) is 0 Å². The molecule has 0 aromatic heterocycles. The van der Waals surface area contributed by atoms with Crippen molar-refractivity contribution < 1.29 is 18.9 Å². The minimum atomic E-state index is -0.129. The van der Waals surface area contributed by atoms with E-state index in [0.29, 0.717) is 0 Å². The molecule has 0 amide bonds. The standard InChI is InChI=1S/C42H21B3O4S2/c1-5-14-26-22(10-1)43-24-12-3-7-16-28(24)48-41-36(43)30(46-26)20-34-39(41)45-38-32(50-34)18-9-19-33(38)51-35-21-31-37-42(40(35)45)49-29-17-8-4-13-25(29)44(37)23-11-2-6-15-27(23)47-31/h1-21H. The smallest absolute Gasteiger partial charge is 0.260 e. The average Bonchev–Trinajstić information content (AvgIpc) is 3.17. The molecule has 0 aliphatic carbocycles. The maximum absolute atomic E-state index is 7.12. The molecule has 0 bridgehead atoms. The van der Waals surface area contributed by atoms with Crippen LogP contribution in [0.3, 0.4) is 0 Å². The van der Waals surface area contributed by atoms with Crippen LogP contribution in [0.5, 0.6) is 46.0 Å². The van der Waals surface area contributed by atoms with Gasteiger partial charge in [-0.25, -0.2) is 0 Å². The Balaban J connectivity index is 1.13. The molecule has 7 aromatic rings. The fraction of sp³-hybridized carbons (Fsp3) is 0. The molecule has 0 fully saturated rings. The minimum Gasteiger partial charge on any atom is -0.459 e. The molecule has 0 N–H and O–H groups in total. The SMILES string of the molecule is c1ccc2c(c1)Oc1cc3c(c4c1B2c1ccccc1O4)B1c2c(cccc2Sc2cc4c5c(c21)Oc1ccccc1B5c1ccccc1O4)S3. The molecule has 0 unspecified atom stereocenters. The molecule has 0 spiro atoms. The number of hydrogen-bond donors (Lipinski definition) is 0. The molecular weight excluding hydrogens is 665 g/mol. The molecule has 51 heavy (non-hydrogen) atoms. The predicted molar refractivity (Wildman–Crippen MR) is 208 cm³/mol. The first-order chi connectivity index (χ1) is 25.3. The van der Waals surface area contributed by atoms with Crippen LogP contribution < -0.4 is 68.1 Å². The molecule has 13 rings (SSSR count). The van der Waals surface area contributed by atoms with Gasteiger partial charge in [0.05, 0.1) is 0 Å². The highest BCUT2D eigenvalue weighted by Gasteiger charge is 2.50. The van der Waals surface area contributed by atoms with Crippen molar-refractivity contribution in [3.05, 3.63) is 127 Å². The first-order valence-corrected chi connectivity index (χ1v) is 18.9. The van der Waals surface area contributed by atoms with E-state index in [1.54, 1.807) is 0 Å². The van der Waals surface area contributed by atoms with Crippen molar-refractivity contribution in [1.82, 2.24) is 0 Å². The lowest BCUT2D eigenvalue weighted by Gasteiger charge is -2.41. The van der Waals surface area contributed by atoms with Crippen molar-refractivity contribution in [3.8, 4) is 46.0 Å². The Labute approximate surface area is 303 Å². The highest BCUT2D eigenvalue weighted by molar-refractivity contribution is 8.01. The largest absolute Gasteiger partial charge is 0.459 e. The summed E-state index contributed by atoms with van der Waals surface area (Å²) in [6.07, 6.45) is 0. The molecule has 9 heteroatoms. The zero-order chi connectivity index (χ0) is 32.9. The van der Waals surface area contributed by atoms with Gasteiger partial charge in [-0.3, -0.25) is 0 Å². The Hall–Kier alpha value is -5.37. The summed E-state index contributed by atoms with van der Waals surface area (Å²) in [7, 11) is 0. The third-order valence-corrected chi connectivity index (χ3v) is 13.5. The molecule has 7 aromatic carbocycles. The van der Waals surface area contributed by atoms with Gasteiger partial charge in [-0.15, -0.1) is 0 Å². The van der Waals surface area contributed by atoms with Crippen LogP contribution in [0.2, 0.25) is 0 Å². The summed E-state index contributed by atoms with van der Waals surface area (Å²) in [6.45, 7) is -0.141. The van der Waals surface area contributed by atoms with Gasteiger partial charge in [0.1, 0.15) is 46.0 Å². The van der Waals surface area contributed by atoms with Crippen LogP contribution in [0.4, 0.5) is 0 Å². The zero-order valence-electron chi connectivity index (χ0n) is 26.8. The molecule has 0 saturated heterocycles. The number of ether oxygens (including phenoxy) is 4. The van der Waals surface area contributed by atoms with Gasteiger partial charge in [0.25, 0.3) is 20.1 Å². The Kier molecular flexibility index (Phi) is 5.20. The Morgan fingerprint density at radius 1 is 0.314 bits per heavy atom. The van der Waals surface area contributed by atoms with Crippen LogP contribution in [0, 0.1) is 0 Å². The number of fused-ring (bicyclic) bond motifs is 14. The normalized spacial score (nSPS) is 15.0. The van der Waals surface area contributed by atoms with E-state index < -0.39 is 0 Å². The van der Waals surface area contributed by atoms with E-state index in [2.05, 4.69) is 127 Å². The van der Waals surface area contributed by atoms with Crippen molar-refractivity contribution >= 4 is 92.8 Å². The summed E-state index contributed by atoms with van der Waals surface area (Å²) in [6, 6.07) is 45.1. The highest BCUT2D eigenvalue weighted by atomic mass is 32.2. The van der Waals surface area contributed by atoms with Gasteiger partial charge < -0.3 is 18.9 Å². The van der Waals surface area contributed by atoms with Gasteiger partial charge >= 0.3 is 0 Å². The molecule has 0 atom stereocenters. The lowest BCUT2D eigenvalue weighted by atomic mass is 9.30. The number of benzene rings is 7. The van der Waals surface area contributed by atoms with E-state index >= 15 is 0 Å². The second-order valence-electron chi connectivity index (χ2n) is 13.8. The lowest BCUT2D eigenvalue weighted by molar-refractivity contribution is 0.464. The quantitative estimate of drug-likeness (QED) is 0.218. The summed E-state index contributed by atoms with van der Waals surface area (Å²) in [5.74, 6) is 7.10. The van der Waals surface area contributed by atoms with Crippen LogP contribution in [0.25, 0.3) is 0 Å². The summed E-state index contributed by atoms with van der Waals surface area (Å²) in [5.41, 5.74) is 10.5. The Morgan fingerprint density at radius 3 is 1.14 bits per heavy atom. The van der Waals surface area contributed by atoms with Gasteiger partial charge in [0, 0.05) is 30.5 Å². The Morgan fingerprint density at radius 2 is 0.706 bits per heavy atom. The lowest BCUT2D eigenvalue weighted by Crippen LogP contribution is -2.65. The third-order valence-electron chi connectivity index (χ3n) is 11.3. The van der Waals surface area contributed by atoms with Crippen molar-refractivity contribution in [2.75, 3.05) is 0 Å². The van der Waals surface area contributed by atoms with Gasteiger partial charge in [-0.1, -0.05) is 102 Å². The summed E-state index contributed by atoms with van der Waals surface area (Å²) in [4.78, 5) is 4.79. The van der Waals surface area contributed by atoms with Crippen LogP contribution in [-0.4, -0.2) is 20.1 Å². The maximum atomic E-state index is 7.12. The molecular formula is C42H21B3O4S2. The van der Waals surface area contributed by atoms with E-state index in [9.17, 15) is 0 Å². The molecule has 6 aliphatic heterocycles. The van der Waals surface area contributed by atoms with Gasteiger partial charge in [-0.05, 0) is 86.8 Å². The van der Waals surface area contributed by atoms with Crippen LogP contribution >= 0.6 is 23.5 Å². The van der Waals surface area contributed by atoms with Crippen LogP contribution in [0.15, 0.2) is 147 Å². The second kappa shape index (κ2) is 9.69. The molecule has 4 nitrogen and oxygen atoms in total. The average molecular weight is 686 g/mol. The predicted octanol–water partition coefficient (Wildman–Crippen LogP) is 4.59. The number of rotatable bonds is 0. The molecule has 0 saturated carbocycles. The summed E-state index contributed by atoms with van der Waals surface area (Å²) >= 11 is 3.62. The number of para-hydroxylation sites is 4. The van der Waals surface area contributed by atoms with Gasteiger partial charge in [0.2, 0.25) is 0 Å². The molecule has 6 heterocycles. The fourth-order valence-corrected chi connectivity index (χ4v) is 11.7. The van der Waals surface area contributed by atoms with Gasteiger partial charge in [0.15, 0.2) is 0 Å². The first-order valence-electron chi connectivity index (χ1n) is 17.3. The summed E-state index contributed by atoms with van der Waals surface area (Å²) in [5, 5.41) is 0. The third kappa shape index (κ3) is 3.48. The van der Waals surface area contributed by atoms with E-state index in [1.807, 2.05) is 23.5 Å². The topological polar surface area (TPSA) is 36.9 Å². The number of hydrogen-bond acceptors (Lipinski definition) is 6. The van der Waals surface area contributed by atoms with E-state index in [1.165, 1.54) is 26.2 Å². The maximum Gasteiger partial charge on any atom is 0.260 e. The van der Waals surface area contributed by atoms with Crippen LogP contribution in [0.1, 0.15) is 0 Å². The highest BCUT2D eigenvalue weighted by Crippen LogP contribution is 2.46. The summed E-state index contributed by atoms with van der Waals surface area (Å²) < 4.78 is 27.7. The van der Waals surface area contributed by atoms with Crippen LogP contribution in [-0.2, 0) is 0 Å². The Bertz CT molecular complexity index is 2560. The van der Waals surface area contributed by atoms with E-state index in [-0.39, 0.29) is 20.1 Å². The van der Waals surface area contributed by atoms with Crippen molar-refractivity contribution in [1.29, 1.82) is 0 Å². The fourth-order valence-electron chi connectivity index (χ4n) is 9.26. The molecule has 0 radical (unpaired) electrons. The van der Waals surface area contributed by atoms with Gasteiger partial charge in [-0.2, -0.15) is 0 Å². The van der Waals surface area contributed by atoms with Crippen molar-refractivity contribution in [3.63, 3.8) is 0 Å². The zero-order valence-corrected chi connectivity index (χ0v) is 28.4. The molecule has 6 aliphatic rings. The van der Waals surface area contributed by atoms with Crippen molar-refractivity contribution in [2.45, 2.75) is 19.6 Å². The van der Waals surface area contributed by atoms with E-state index in [0.717, 1.165) is 88.6 Å². The first kappa shape index (κ1) is 27.4. The van der Waals surface area contributed by atoms with E-state index in [4.69, 9.17) is 18.9 Å².